The number of allylic oxidation sites excluding steroid dienone is 2. The molecule has 108 valence electrons. The second-order valence-corrected chi connectivity index (χ2v) is 8.09. The fourth-order valence-electron chi connectivity index (χ4n) is 6.52. The first-order valence-corrected chi connectivity index (χ1v) is 8.82. The average molecular weight is 269 g/mol. The van der Waals surface area contributed by atoms with Crippen LogP contribution in [0, 0.1) is 46.3 Å². The molecule has 20 heavy (non-hydrogen) atoms. The van der Waals surface area contributed by atoms with Gasteiger partial charge in [-0.1, -0.05) is 18.6 Å². The molecule has 6 atom stereocenters. The van der Waals surface area contributed by atoms with Crippen molar-refractivity contribution in [3.63, 3.8) is 0 Å². The lowest BCUT2D eigenvalue weighted by atomic mass is 9.51. The van der Waals surface area contributed by atoms with Gasteiger partial charge in [0.05, 0.1) is 12.0 Å². The fraction of sp³-hybridized carbons (Fsp3) is 0.842. The van der Waals surface area contributed by atoms with Gasteiger partial charge in [0.25, 0.3) is 0 Å². The summed E-state index contributed by atoms with van der Waals surface area (Å²) in [5.41, 5.74) is 2.17. The van der Waals surface area contributed by atoms with Gasteiger partial charge < -0.3 is 0 Å². The average Bonchev–Trinajstić information content (AvgIpc) is 2.83. The summed E-state index contributed by atoms with van der Waals surface area (Å²) in [6.45, 7) is 2.45. The minimum absolute atomic E-state index is 0.344. The molecule has 0 N–H and O–H groups in total. The van der Waals surface area contributed by atoms with E-state index >= 15 is 0 Å². The van der Waals surface area contributed by atoms with Crippen LogP contribution in [-0.4, -0.2) is 0 Å². The van der Waals surface area contributed by atoms with Gasteiger partial charge in [-0.3, -0.25) is 0 Å². The van der Waals surface area contributed by atoms with Gasteiger partial charge in [-0.15, -0.1) is 0 Å². The van der Waals surface area contributed by atoms with E-state index in [-0.39, 0.29) is 0 Å². The first-order valence-electron chi connectivity index (χ1n) is 8.82. The normalized spacial score (nSPS) is 50.4. The van der Waals surface area contributed by atoms with Gasteiger partial charge in [0.15, 0.2) is 0 Å². The van der Waals surface area contributed by atoms with Crippen molar-refractivity contribution in [1.82, 2.24) is 0 Å². The first kappa shape index (κ1) is 12.9. The highest BCUT2D eigenvalue weighted by Gasteiger charge is 2.56. The summed E-state index contributed by atoms with van der Waals surface area (Å²) in [5, 5.41) is 9.49. The van der Waals surface area contributed by atoms with E-state index in [1.54, 1.807) is 0 Å². The van der Waals surface area contributed by atoms with Gasteiger partial charge in [0.2, 0.25) is 0 Å². The van der Waals surface area contributed by atoms with Gasteiger partial charge in [-0.25, -0.2) is 0 Å². The lowest BCUT2D eigenvalue weighted by Gasteiger charge is -2.53. The largest absolute Gasteiger partial charge is 0.198 e. The van der Waals surface area contributed by atoms with Crippen LogP contribution in [0.15, 0.2) is 11.6 Å². The van der Waals surface area contributed by atoms with Crippen molar-refractivity contribution in [2.24, 2.45) is 35.0 Å². The molecule has 0 amide bonds. The molecule has 0 aliphatic heterocycles. The molecular weight excluding hydrogens is 242 g/mol. The molecule has 3 fully saturated rings. The molecule has 1 nitrogen and oxygen atoms in total. The predicted octanol–water partition coefficient (Wildman–Crippen LogP) is 5.09. The molecule has 4 aliphatic carbocycles. The Morgan fingerprint density at radius 1 is 1.15 bits per heavy atom. The summed E-state index contributed by atoms with van der Waals surface area (Å²) in [6.07, 6.45) is 14.8. The zero-order valence-electron chi connectivity index (χ0n) is 12.8. The van der Waals surface area contributed by atoms with Crippen molar-refractivity contribution in [2.75, 3.05) is 0 Å². The van der Waals surface area contributed by atoms with E-state index in [1.807, 2.05) is 5.57 Å². The van der Waals surface area contributed by atoms with Crippen molar-refractivity contribution in [1.29, 1.82) is 5.26 Å². The van der Waals surface area contributed by atoms with Crippen molar-refractivity contribution >= 4 is 0 Å². The molecule has 0 radical (unpaired) electrons. The lowest BCUT2D eigenvalue weighted by Crippen LogP contribution is -2.45. The minimum atomic E-state index is 0.344. The monoisotopic (exact) mass is 269 g/mol. The Morgan fingerprint density at radius 2 is 2.05 bits per heavy atom. The van der Waals surface area contributed by atoms with Crippen LogP contribution in [0.4, 0.5) is 0 Å². The molecule has 0 heterocycles. The summed E-state index contributed by atoms with van der Waals surface area (Å²) in [7, 11) is 0. The van der Waals surface area contributed by atoms with Crippen molar-refractivity contribution < 1.29 is 0 Å². The molecule has 0 bridgehead atoms. The van der Waals surface area contributed by atoms with Gasteiger partial charge in [0, 0.05) is 0 Å². The van der Waals surface area contributed by atoms with Gasteiger partial charge in [0.1, 0.15) is 0 Å². The number of hydrogen-bond donors (Lipinski definition) is 0. The molecule has 4 rings (SSSR count). The van der Waals surface area contributed by atoms with E-state index in [9.17, 15) is 5.26 Å². The van der Waals surface area contributed by atoms with Gasteiger partial charge >= 0.3 is 0 Å². The van der Waals surface area contributed by atoms with E-state index < -0.39 is 0 Å². The summed E-state index contributed by atoms with van der Waals surface area (Å²) >= 11 is 0. The van der Waals surface area contributed by atoms with Crippen LogP contribution < -0.4 is 0 Å². The Balaban J connectivity index is 1.63. The second-order valence-electron chi connectivity index (χ2n) is 8.09. The highest BCUT2D eigenvalue weighted by molar-refractivity contribution is 5.19. The first-order chi connectivity index (χ1) is 9.74. The smallest absolute Gasteiger partial charge is 0.0661 e. The Kier molecular flexibility index (Phi) is 2.99. The summed E-state index contributed by atoms with van der Waals surface area (Å²) in [6, 6.07) is 2.64. The van der Waals surface area contributed by atoms with Crippen LogP contribution in [-0.2, 0) is 0 Å². The maximum Gasteiger partial charge on any atom is 0.0661 e. The van der Waals surface area contributed by atoms with Crippen LogP contribution in [0.5, 0.6) is 0 Å². The van der Waals surface area contributed by atoms with Crippen LogP contribution in [0.25, 0.3) is 0 Å². The van der Waals surface area contributed by atoms with Crippen molar-refractivity contribution in [3.8, 4) is 6.07 Å². The van der Waals surface area contributed by atoms with E-state index in [0.717, 1.165) is 23.7 Å². The van der Waals surface area contributed by atoms with E-state index in [4.69, 9.17) is 0 Å². The number of hydrogen-bond acceptors (Lipinski definition) is 1. The number of nitrogens with zero attached hydrogens (tertiary/aromatic N) is 1. The highest BCUT2D eigenvalue weighted by atomic mass is 14.6. The minimum Gasteiger partial charge on any atom is -0.198 e. The van der Waals surface area contributed by atoms with Crippen LogP contribution >= 0.6 is 0 Å². The molecule has 1 heteroatoms. The molecule has 0 unspecified atom stereocenters. The summed E-state index contributed by atoms with van der Waals surface area (Å²) in [5.74, 6) is 4.03. The third-order valence-electron chi connectivity index (χ3n) is 7.53. The fourth-order valence-corrected chi connectivity index (χ4v) is 6.52. The SMILES string of the molecule is C[C@]12CC[C@H]3[C@@H](CCC4=CCCC[C@@H]43)[C@@H]1CC[C@@H]2C#N. The zero-order chi connectivity index (χ0) is 13.7. The van der Waals surface area contributed by atoms with Crippen molar-refractivity contribution in [3.05, 3.63) is 11.6 Å². The Labute approximate surface area is 123 Å². The standard InChI is InChI=1S/C19H27N/c1-19-11-10-16-15-5-3-2-4-13(15)6-8-17(16)18(19)9-7-14(19)12-20/h4,14-18H,2-3,5-11H2,1H3/t14-,15+,16-,17-,18+,19-/m1/s1. The molecular formula is C19H27N. The number of rotatable bonds is 0. The predicted molar refractivity (Wildman–Crippen MR) is 80.8 cm³/mol. The molecule has 4 aliphatic rings. The molecule has 0 aromatic carbocycles. The Bertz CT molecular complexity index is 471. The van der Waals surface area contributed by atoms with Crippen LogP contribution in [0.3, 0.4) is 0 Å². The number of nitriles is 1. The van der Waals surface area contributed by atoms with E-state index in [1.165, 1.54) is 57.8 Å². The molecule has 0 saturated heterocycles. The second kappa shape index (κ2) is 4.62. The third kappa shape index (κ3) is 1.66. The van der Waals surface area contributed by atoms with Crippen molar-refractivity contribution in [2.45, 2.75) is 64.7 Å². The quantitative estimate of drug-likeness (QED) is 0.562. The zero-order valence-corrected chi connectivity index (χ0v) is 12.8. The Hall–Kier alpha value is -0.770. The van der Waals surface area contributed by atoms with Crippen LogP contribution in [0.2, 0.25) is 0 Å². The summed E-state index contributed by atoms with van der Waals surface area (Å²) in [4.78, 5) is 0. The maximum atomic E-state index is 9.49. The third-order valence-corrected chi connectivity index (χ3v) is 7.53. The maximum absolute atomic E-state index is 9.49. The molecule has 0 aromatic rings. The summed E-state index contributed by atoms with van der Waals surface area (Å²) < 4.78 is 0. The molecule has 0 spiro atoms. The molecule has 3 saturated carbocycles. The Morgan fingerprint density at radius 3 is 2.90 bits per heavy atom. The van der Waals surface area contributed by atoms with E-state index in [0.29, 0.717) is 11.3 Å². The highest BCUT2D eigenvalue weighted by Crippen LogP contribution is 2.63. The number of fused-ring (bicyclic) bond motifs is 5. The van der Waals surface area contributed by atoms with Crippen LogP contribution in [0.1, 0.15) is 64.7 Å². The lowest BCUT2D eigenvalue weighted by molar-refractivity contribution is -0.0123. The van der Waals surface area contributed by atoms with Gasteiger partial charge in [-0.2, -0.15) is 5.26 Å². The topological polar surface area (TPSA) is 23.8 Å². The molecule has 0 aromatic heterocycles. The van der Waals surface area contributed by atoms with Gasteiger partial charge in [-0.05, 0) is 86.9 Å². The van der Waals surface area contributed by atoms with E-state index in [2.05, 4.69) is 19.1 Å².